The molecule has 5 rings (SSSR count). The third kappa shape index (κ3) is 4.72. The molecule has 180 valence electrons. The second-order valence-electron chi connectivity index (χ2n) is 8.86. The number of hydrogen-bond acceptors (Lipinski definition) is 9. The topological polar surface area (TPSA) is 117 Å². The number of amides is 1. The van der Waals surface area contributed by atoms with Gasteiger partial charge in [0.2, 0.25) is 10.0 Å². The number of thiazole rings is 2. The maximum atomic E-state index is 12.8. The van der Waals surface area contributed by atoms with E-state index in [1.807, 2.05) is 19.2 Å². The second kappa shape index (κ2) is 8.99. The van der Waals surface area contributed by atoms with Gasteiger partial charge < -0.3 is 10.6 Å². The minimum absolute atomic E-state index is 0.0235. The van der Waals surface area contributed by atoms with Crippen LogP contribution < -0.4 is 10.6 Å². The Balaban J connectivity index is 1.20. The van der Waals surface area contributed by atoms with E-state index in [1.54, 1.807) is 34.0 Å². The van der Waals surface area contributed by atoms with Crippen molar-refractivity contribution < 1.29 is 13.2 Å². The smallest absolute Gasteiger partial charge is 0.253 e. The van der Waals surface area contributed by atoms with Crippen LogP contribution in [0.4, 0.5) is 10.9 Å². The number of sulfonamides is 1. The molecule has 2 bridgehead atoms. The molecule has 3 atom stereocenters. The Morgan fingerprint density at radius 1 is 1.15 bits per heavy atom. The van der Waals surface area contributed by atoms with E-state index >= 15 is 0 Å². The zero-order valence-corrected chi connectivity index (χ0v) is 21.6. The fraction of sp³-hybridized carbons (Fsp3) is 0.455. The molecule has 2 aliphatic heterocycles. The van der Waals surface area contributed by atoms with Gasteiger partial charge in [0.15, 0.2) is 5.13 Å². The maximum absolute atomic E-state index is 12.8. The van der Waals surface area contributed by atoms with E-state index in [-0.39, 0.29) is 24.0 Å². The number of nitrogens with one attached hydrogen (secondary N) is 2. The highest BCUT2D eigenvalue weighted by Gasteiger charge is 2.45. The number of fused-ring (bicyclic) bond motifs is 2. The van der Waals surface area contributed by atoms with Crippen LogP contribution in [0.5, 0.6) is 0 Å². The van der Waals surface area contributed by atoms with Gasteiger partial charge in [-0.3, -0.25) is 4.79 Å². The van der Waals surface area contributed by atoms with E-state index in [2.05, 4.69) is 25.6 Å². The van der Waals surface area contributed by atoms with E-state index < -0.39 is 10.0 Å². The van der Waals surface area contributed by atoms with Crippen molar-refractivity contribution in [2.24, 2.45) is 0 Å². The van der Waals surface area contributed by atoms with Crippen LogP contribution in [0.15, 0.2) is 23.7 Å². The predicted octanol–water partition coefficient (Wildman–Crippen LogP) is 3.71. The van der Waals surface area contributed by atoms with Crippen molar-refractivity contribution in [2.45, 2.75) is 57.7 Å². The van der Waals surface area contributed by atoms with Crippen molar-refractivity contribution in [2.75, 3.05) is 11.6 Å². The summed E-state index contributed by atoms with van der Waals surface area (Å²) in [6.07, 6.45) is 5.82. The van der Waals surface area contributed by atoms with Crippen molar-refractivity contribution in [3.05, 3.63) is 40.0 Å². The van der Waals surface area contributed by atoms with Crippen LogP contribution in [0.1, 0.15) is 46.7 Å². The first-order chi connectivity index (χ1) is 16.2. The molecule has 1 amide bonds. The average Bonchev–Trinajstić information content (AvgIpc) is 3.44. The maximum Gasteiger partial charge on any atom is 0.253 e. The average molecular weight is 519 g/mol. The number of hydrogen-bond donors (Lipinski definition) is 2. The van der Waals surface area contributed by atoms with Crippen LogP contribution in [-0.2, 0) is 10.0 Å². The Hall–Kier alpha value is -2.41. The number of carbonyl (C=O) groups excluding carboxylic acids is 1. The summed E-state index contributed by atoms with van der Waals surface area (Å²) in [5.41, 5.74) is 2.34. The van der Waals surface area contributed by atoms with Gasteiger partial charge in [-0.15, -0.1) is 22.7 Å². The fourth-order valence-electron chi connectivity index (χ4n) is 4.98. The number of pyridine rings is 1. The number of carbonyl (C=O) groups is 1. The van der Waals surface area contributed by atoms with Gasteiger partial charge in [0, 0.05) is 29.7 Å². The quantitative estimate of drug-likeness (QED) is 0.511. The lowest BCUT2D eigenvalue weighted by Gasteiger charge is -2.37. The molecule has 3 aromatic heterocycles. The Labute approximate surface area is 206 Å². The van der Waals surface area contributed by atoms with E-state index in [0.29, 0.717) is 24.2 Å². The van der Waals surface area contributed by atoms with Crippen LogP contribution in [0.3, 0.4) is 0 Å². The van der Waals surface area contributed by atoms with Gasteiger partial charge in [-0.2, -0.15) is 4.31 Å². The Morgan fingerprint density at radius 3 is 2.47 bits per heavy atom. The number of piperidine rings is 1. The van der Waals surface area contributed by atoms with E-state index in [4.69, 9.17) is 0 Å². The second-order valence-corrected chi connectivity index (χ2v) is 12.8. The Bertz CT molecular complexity index is 1300. The molecule has 2 saturated heterocycles. The highest BCUT2D eigenvalue weighted by atomic mass is 32.2. The van der Waals surface area contributed by atoms with Gasteiger partial charge in [0.25, 0.3) is 5.91 Å². The lowest BCUT2D eigenvalue weighted by Crippen LogP contribution is -2.52. The van der Waals surface area contributed by atoms with Crippen molar-refractivity contribution >= 4 is 49.6 Å². The number of anilines is 2. The minimum atomic E-state index is -3.22. The van der Waals surface area contributed by atoms with Crippen molar-refractivity contribution in [1.29, 1.82) is 0 Å². The molecule has 0 saturated carbocycles. The van der Waals surface area contributed by atoms with Crippen LogP contribution in [0, 0.1) is 13.8 Å². The van der Waals surface area contributed by atoms with Crippen molar-refractivity contribution in [1.82, 2.24) is 24.6 Å². The van der Waals surface area contributed by atoms with Gasteiger partial charge in [-0.05, 0) is 51.7 Å². The molecular weight excluding hydrogens is 492 g/mol. The standard InChI is InChI=1S/C22H26N6O3S3/c1-12-20(33-13(2)24-12)18-11-32-22(26-18)27-19-7-4-14(10-23-19)21(29)25-15-8-16-5-6-17(9-15)28(16)34(3,30)31/h4,7,10-11,15-17H,5-6,8-9H2,1-3H3,(H,25,29)(H,23,26,27)/t15?,16-,17+. The van der Waals surface area contributed by atoms with Crippen molar-refractivity contribution in [3.63, 3.8) is 0 Å². The molecular formula is C22H26N6O3S3. The Morgan fingerprint density at radius 2 is 1.88 bits per heavy atom. The van der Waals surface area contributed by atoms with Crippen LogP contribution in [-0.4, -0.2) is 58.0 Å². The van der Waals surface area contributed by atoms with Crippen LogP contribution >= 0.6 is 22.7 Å². The van der Waals surface area contributed by atoms with E-state index in [0.717, 1.165) is 39.2 Å². The molecule has 3 aromatic rings. The summed E-state index contributed by atoms with van der Waals surface area (Å²) in [6.45, 7) is 3.97. The molecule has 9 nitrogen and oxygen atoms in total. The summed E-state index contributed by atoms with van der Waals surface area (Å²) in [5.74, 6) is 0.415. The minimum Gasteiger partial charge on any atom is -0.349 e. The molecule has 0 aliphatic carbocycles. The molecule has 2 N–H and O–H groups in total. The lowest BCUT2D eigenvalue weighted by molar-refractivity contribution is 0.0909. The van der Waals surface area contributed by atoms with Gasteiger partial charge >= 0.3 is 0 Å². The monoisotopic (exact) mass is 518 g/mol. The summed E-state index contributed by atoms with van der Waals surface area (Å²) in [4.78, 5) is 27.3. The third-order valence-electron chi connectivity index (χ3n) is 6.29. The highest BCUT2D eigenvalue weighted by Crippen LogP contribution is 2.37. The lowest BCUT2D eigenvalue weighted by atomic mass is 9.99. The van der Waals surface area contributed by atoms with Gasteiger partial charge in [0.05, 0.1) is 33.1 Å². The first-order valence-corrected chi connectivity index (χ1v) is 14.6. The molecule has 12 heteroatoms. The molecule has 2 fully saturated rings. The molecule has 2 aliphatic rings. The number of aryl methyl sites for hydroxylation is 2. The normalized spacial score (nSPS) is 22.6. The Kier molecular flexibility index (Phi) is 6.17. The first-order valence-electron chi connectivity index (χ1n) is 11.1. The number of aromatic nitrogens is 3. The molecule has 34 heavy (non-hydrogen) atoms. The van der Waals surface area contributed by atoms with Gasteiger partial charge in [-0.25, -0.2) is 23.4 Å². The molecule has 0 radical (unpaired) electrons. The molecule has 1 unspecified atom stereocenters. The van der Waals surface area contributed by atoms with Crippen LogP contribution in [0.25, 0.3) is 10.6 Å². The zero-order valence-electron chi connectivity index (χ0n) is 19.1. The fourth-order valence-corrected chi connectivity index (χ4v) is 8.11. The number of rotatable bonds is 6. The summed E-state index contributed by atoms with van der Waals surface area (Å²) < 4.78 is 25.8. The summed E-state index contributed by atoms with van der Waals surface area (Å²) in [7, 11) is -3.22. The van der Waals surface area contributed by atoms with Gasteiger partial charge in [-0.1, -0.05) is 0 Å². The van der Waals surface area contributed by atoms with Gasteiger partial charge in [0.1, 0.15) is 5.82 Å². The van der Waals surface area contributed by atoms with E-state index in [1.165, 1.54) is 17.6 Å². The zero-order chi connectivity index (χ0) is 24.0. The highest BCUT2D eigenvalue weighted by molar-refractivity contribution is 7.88. The summed E-state index contributed by atoms with van der Waals surface area (Å²) in [5, 5.41) is 9.99. The van der Waals surface area contributed by atoms with Crippen molar-refractivity contribution in [3.8, 4) is 10.6 Å². The number of nitrogens with zero attached hydrogens (tertiary/aromatic N) is 4. The summed E-state index contributed by atoms with van der Waals surface area (Å²) >= 11 is 3.11. The molecule has 0 aromatic carbocycles. The third-order valence-corrected chi connectivity index (χ3v) is 9.50. The van der Waals surface area contributed by atoms with E-state index in [9.17, 15) is 13.2 Å². The predicted molar refractivity (Wildman–Crippen MR) is 134 cm³/mol. The molecule has 0 spiro atoms. The van der Waals surface area contributed by atoms with Crippen LogP contribution in [0.2, 0.25) is 0 Å². The SMILES string of the molecule is Cc1nc(C)c(-c2csc(Nc3ccc(C(=O)NC4C[C@H]5CC[C@@H](C4)N5S(C)(=O)=O)cn3)n2)s1. The summed E-state index contributed by atoms with van der Waals surface area (Å²) in [6, 6.07) is 3.41. The first kappa shape index (κ1) is 23.3. The largest absolute Gasteiger partial charge is 0.349 e. The molecule has 5 heterocycles.